The second kappa shape index (κ2) is 5.55. The molecule has 5 nitrogen and oxygen atoms in total. The van der Waals surface area contributed by atoms with Gasteiger partial charge in [0, 0.05) is 25.5 Å². The average molecular weight is 247 g/mol. The van der Waals surface area contributed by atoms with Gasteiger partial charge in [0.25, 0.3) is 0 Å². The minimum atomic E-state index is -0.0352. The molecule has 0 atom stereocenters. The van der Waals surface area contributed by atoms with Gasteiger partial charge in [-0.05, 0) is 23.6 Å². The Morgan fingerprint density at radius 2 is 2.28 bits per heavy atom. The molecule has 1 aromatic heterocycles. The molecule has 0 aliphatic rings. The van der Waals surface area contributed by atoms with Gasteiger partial charge in [0.1, 0.15) is 6.54 Å². The first-order valence-corrected chi connectivity index (χ1v) is 5.80. The number of amides is 1. The molecule has 3 N–H and O–H groups in total. The quantitative estimate of drug-likeness (QED) is 0.611. The Hall–Kier alpha value is -2.01. The lowest BCUT2D eigenvalue weighted by atomic mass is 10.2. The number of anilines is 1. The van der Waals surface area contributed by atoms with E-state index in [0.717, 1.165) is 10.9 Å². The number of carbonyl (C=O) groups is 1. The fraction of sp³-hybridized carbons (Fsp3) is 0.308. The number of carbonyl (C=O) groups excluding carboxylic acids is 1. The molecule has 0 unspecified atom stereocenters. The average Bonchev–Trinajstić information content (AvgIpc) is 2.72. The van der Waals surface area contributed by atoms with Crippen LogP contribution in [0.2, 0.25) is 0 Å². The van der Waals surface area contributed by atoms with Crippen LogP contribution in [0.3, 0.4) is 0 Å². The van der Waals surface area contributed by atoms with Gasteiger partial charge in [-0.3, -0.25) is 4.79 Å². The van der Waals surface area contributed by atoms with Gasteiger partial charge in [-0.25, -0.2) is 0 Å². The van der Waals surface area contributed by atoms with Crippen molar-refractivity contribution in [1.29, 1.82) is 0 Å². The maximum absolute atomic E-state index is 11.7. The highest BCUT2D eigenvalue weighted by Crippen LogP contribution is 2.18. The van der Waals surface area contributed by atoms with E-state index in [1.54, 1.807) is 7.11 Å². The van der Waals surface area contributed by atoms with Crippen LogP contribution in [0.1, 0.15) is 0 Å². The third kappa shape index (κ3) is 2.81. The topological polar surface area (TPSA) is 69.3 Å². The Balaban J connectivity index is 2.07. The summed E-state index contributed by atoms with van der Waals surface area (Å²) in [6, 6.07) is 7.64. The van der Waals surface area contributed by atoms with Gasteiger partial charge in [-0.15, -0.1) is 0 Å². The number of nitrogens with zero attached hydrogens (tertiary/aromatic N) is 1. The number of rotatable bonds is 5. The highest BCUT2D eigenvalue weighted by molar-refractivity contribution is 5.85. The third-order valence-corrected chi connectivity index (χ3v) is 2.74. The smallest absolute Gasteiger partial charge is 0.240 e. The van der Waals surface area contributed by atoms with Crippen molar-refractivity contribution in [3.63, 3.8) is 0 Å². The van der Waals surface area contributed by atoms with Crippen LogP contribution in [-0.4, -0.2) is 30.7 Å². The van der Waals surface area contributed by atoms with E-state index < -0.39 is 0 Å². The van der Waals surface area contributed by atoms with Crippen molar-refractivity contribution in [2.45, 2.75) is 6.54 Å². The lowest BCUT2D eigenvalue weighted by Crippen LogP contribution is -2.30. The Bertz CT molecular complexity index is 548. The summed E-state index contributed by atoms with van der Waals surface area (Å²) in [7, 11) is 1.61. The molecule has 5 heteroatoms. The molecule has 0 aliphatic heterocycles. The number of nitrogens with one attached hydrogen (secondary N) is 1. The number of hydrogen-bond donors (Lipinski definition) is 2. The zero-order valence-corrected chi connectivity index (χ0v) is 10.3. The van der Waals surface area contributed by atoms with Crippen molar-refractivity contribution in [2.75, 3.05) is 26.0 Å². The lowest BCUT2D eigenvalue weighted by Gasteiger charge is -2.07. The first-order chi connectivity index (χ1) is 8.70. The minimum absolute atomic E-state index is 0.0352. The van der Waals surface area contributed by atoms with Crippen molar-refractivity contribution in [1.82, 2.24) is 9.88 Å². The Kier molecular flexibility index (Phi) is 3.84. The molecular formula is C13H17N3O2. The fourth-order valence-electron chi connectivity index (χ4n) is 1.84. The monoisotopic (exact) mass is 247 g/mol. The van der Waals surface area contributed by atoms with E-state index >= 15 is 0 Å². The molecule has 18 heavy (non-hydrogen) atoms. The first-order valence-electron chi connectivity index (χ1n) is 5.80. The molecule has 1 aromatic carbocycles. The molecule has 0 aliphatic carbocycles. The number of aromatic nitrogens is 1. The van der Waals surface area contributed by atoms with Crippen LogP contribution in [0.4, 0.5) is 5.69 Å². The molecule has 0 saturated heterocycles. The molecule has 96 valence electrons. The summed E-state index contributed by atoms with van der Waals surface area (Å²) in [5.41, 5.74) is 7.42. The summed E-state index contributed by atoms with van der Waals surface area (Å²) in [5, 5.41) is 3.86. The number of hydrogen-bond acceptors (Lipinski definition) is 3. The van der Waals surface area contributed by atoms with E-state index in [0.29, 0.717) is 18.8 Å². The second-order valence-corrected chi connectivity index (χ2v) is 4.10. The van der Waals surface area contributed by atoms with Crippen LogP contribution in [0, 0.1) is 0 Å². The van der Waals surface area contributed by atoms with E-state index in [1.807, 2.05) is 35.0 Å². The van der Waals surface area contributed by atoms with E-state index in [2.05, 4.69) is 5.32 Å². The summed E-state index contributed by atoms with van der Waals surface area (Å²) >= 11 is 0. The summed E-state index contributed by atoms with van der Waals surface area (Å²) in [6.45, 7) is 1.33. The first kappa shape index (κ1) is 12.4. The molecule has 2 rings (SSSR count). The van der Waals surface area contributed by atoms with Gasteiger partial charge in [0.05, 0.1) is 12.1 Å². The van der Waals surface area contributed by atoms with Crippen LogP contribution in [0.25, 0.3) is 10.9 Å². The highest BCUT2D eigenvalue weighted by atomic mass is 16.5. The number of benzene rings is 1. The van der Waals surface area contributed by atoms with E-state index in [-0.39, 0.29) is 12.5 Å². The van der Waals surface area contributed by atoms with Crippen LogP contribution in [0.15, 0.2) is 30.5 Å². The Labute approximate surface area is 106 Å². The Morgan fingerprint density at radius 1 is 1.44 bits per heavy atom. The molecular weight excluding hydrogens is 230 g/mol. The van der Waals surface area contributed by atoms with Gasteiger partial charge in [-0.1, -0.05) is 6.07 Å². The molecule has 0 saturated carbocycles. The summed E-state index contributed by atoms with van der Waals surface area (Å²) in [5.74, 6) is -0.0352. The Morgan fingerprint density at radius 3 is 3.06 bits per heavy atom. The molecule has 2 aromatic rings. The van der Waals surface area contributed by atoms with E-state index in [4.69, 9.17) is 10.5 Å². The zero-order chi connectivity index (χ0) is 13.0. The van der Waals surface area contributed by atoms with Gasteiger partial charge >= 0.3 is 0 Å². The largest absolute Gasteiger partial charge is 0.399 e. The predicted molar refractivity (Wildman–Crippen MR) is 71.2 cm³/mol. The number of nitrogen functional groups attached to an aromatic ring is 1. The fourth-order valence-corrected chi connectivity index (χ4v) is 1.84. The summed E-state index contributed by atoms with van der Waals surface area (Å²) in [6.07, 6.45) is 1.89. The van der Waals surface area contributed by atoms with Crippen LogP contribution in [0.5, 0.6) is 0 Å². The van der Waals surface area contributed by atoms with Gasteiger partial charge < -0.3 is 20.4 Å². The van der Waals surface area contributed by atoms with Gasteiger partial charge in [0.15, 0.2) is 0 Å². The van der Waals surface area contributed by atoms with Crippen LogP contribution < -0.4 is 11.1 Å². The van der Waals surface area contributed by atoms with Gasteiger partial charge in [0.2, 0.25) is 5.91 Å². The summed E-state index contributed by atoms with van der Waals surface area (Å²) < 4.78 is 6.76. The maximum Gasteiger partial charge on any atom is 0.240 e. The molecule has 1 amide bonds. The normalized spacial score (nSPS) is 10.7. The van der Waals surface area contributed by atoms with Crippen molar-refractivity contribution >= 4 is 22.5 Å². The minimum Gasteiger partial charge on any atom is -0.399 e. The van der Waals surface area contributed by atoms with Crippen molar-refractivity contribution < 1.29 is 9.53 Å². The number of fused-ring (bicyclic) bond motifs is 1. The van der Waals surface area contributed by atoms with Crippen LogP contribution >= 0.6 is 0 Å². The second-order valence-electron chi connectivity index (χ2n) is 4.10. The standard InChI is InChI=1S/C13H17N3O2/c1-18-7-5-15-13(17)9-16-6-4-10-2-3-11(14)8-12(10)16/h2-4,6,8H,5,7,9,14H2,1H3,(H,15,17). The molecule has 0 bridgehead atoms. The molecule has 0 spiro atoms. The SMILES string of the molecule is COCCNC(=O)Cn1ccc2ccc(N)cc21. The van der Waals surface area contributed by atoms with Crippen molar-refractivity contribution in [3.05, 3.63) is 30.5 Å². The van der Waals surface area contributed by atoms with Crippen LogP contribution in [-0.2, 0) is 16.1 Å². The number of nitrogens with two attached hydrogens (primary N) is 1. The predicted octanol–water partition coefficient (Wildman–Crippen LogP) is 0.986. The highest BCUT2D eigenvalue weighted by Gasteiger charge is 2.05. The molecule has 1 heterocycles. The van der Waals surface area contributed by atoms with Gasteiger partial charge in [-0.2, -0.15) is 0 Å². The third-order valence-electron chi connectivity index (χ3n) is 2.74. The lowest BCUT2D eigenvalue weighted by molar-refractivity contribution is -0.121. The van der Waals surface area contributed by atoms with Crippen molar-refractivity contribution in [2.24, 2.45) is 0 Å². The summed E-state index contributed by atoms with van der Waals surface area (Å²) in [4.78, 5) is 11.7. The molecule has 0 fully saturated rings. The molecule has 0 radical (unpaired) electrons. The zero-order valence-electron chi connectivity index (χ0n) is 10.3. The van der Waals surface area contributed by atoms with E-state index in [1.165, 1.54) is 0 Å². The maximum atomic E-state index is 11.7. The van der Waals surface area contributed by atoms with Crippen molar-refractivity contribution in [3.8, 4) is 0 Å². The number of methoxy groups -OCH3 is 1. The van der Waals surface area contributed by atoms with E-state index in [9.17, 15) is 4.79 Å². The number of ether oxygens (including phenoxy) is 1.